The molecular formula is C18H23N3O3S. The summed E-state index contributed by atoms with van der Waals surface area (Å²) in [6.07, 6.45) is 3.35. The first-order chi connectivity index (χ1) is 11.9. The smallest absolute Gasteiger partial charge is 0.270 e. The van der Waals surface area contributed by atoms with Crippen LogP contribution < -0.4 is 4.72 Å². The van der Waals surface area contributed by atoms with Crippen LogP contribution >= 0.6 is 0 Å². The number of carbonyl (C=O) groups is 1. The summed E-state index contributed by atoms with van der Waals surface area (Å²) in [4.78, 5) is 17.0. The van der Waals surface area contributed by atoms with Crippen LogP contribution in [0.25, 0.3) is 0 Å². The molecule has 0 atom stereocenters. The predicted molar refractivity (Wildman–Crippen MR) is 97.3 cm³/mol. The second-order valence-corrected chi connectivity index (χ2v) is 8.28. The molecule has 134 valence electrons. The van der Waals surface area contributed by atoms with E-state index in [0.29, 0.717) is 11.4 Å². The van der Waals surface area contributed by atoms with E-state index in [2.05, 4.69) is 9.71 Å². The Kier molecular flexibility index (Phi) is 4.85. The van der Waals surface area contributed by atoms with E-state index in [-0.39, 0.29) is 16.7 Å². The van der Waals surface area contributed by atoms with Crippen molar-refractivity contribution in [1.29, 1.82) is 0 Å². The van der Waals surface area contributed by atoms with E-state index in [0.717, 1.165) is 31.5 Å². The number of likely N-dealkylation sites (tertiary alicyclic amines) is 1. The number of hydrogen-bond acceptors (Lipinski definition) is 3. The van der Waals surface area contributed by atoms with Crippen molar-refractivity contribution in [3.05, 3.63) is 47.8 Å². The highest BCUT2D eigenvalue weighted by Crippen LogP contribution is 2.26. The number of benzene rings is 1. The van der Waals surface area contributed by atoms with Crippen LogP contribution in [0.15, 0.2) is 41.4 Å². The largest absolute Gasteiger partial charge is 0.356 e. The summed E-state index contributed by atoms with van der Waals surface area (Å²) in [5.74, 6) is 0.0407. The highest BCUT2D eigenvalue weighted by atomic mass is 32.2. The Bertz CT molecular complexity index is 865. The van der Waals surface area contributed by atoms with E-state index in [1.54, 1.807) is 17.0 Å². The highest BCUT2D eigenvalue weighted by molar-refractivity contribution is 7.92. The van der Waals surface area contributed by atoms with Crippen LogP contribution in [0.2, 0.25) is 0 Å². The number of carbonyl (C=O) groups excluding carboxylic acids is 1. The topological polar surface area (TPSA) is 82.3 Å². The molecule has 1 aromatic carbocycles. The minimum atomic E-state index is -3.76. The zero-order valence-corrected chi connectivity index (χ0v) is 15.3. The molecule has 1 aromatic heterocycles. The molecule has 1 amide bonds. The van der Waals surface area contributed by atoms with E-state index in [1.165, 1.54) is 12.3 Å². The molecule has 6 nitrogen and oxygen atoms in total. The second kappa shape index (κ2) is 6.92. The number of aromatic amines is 1. The van der Waals surface area contributed by atoms with Crippen molar-refractivity contribution in [2.24, 2.45) is 0 Å². The molecule has 0 aliphatic carbocycles. The number of H-pyrrole nitrogens is 1. The molecule has 1 aliphatic heterocycles. The van der Waals surface area contributed by atoms with Crippen LogP contribution in [-0.4, -0.2) is 37.3 Å². The summed E-state index contributed by atoms with van der Waals surface area (Å²) < 4.78 is 28.0. The number of rotatable bonds is 5. The van der Waals surface area contributed by atoms with Crippen molar-refractivity contribution in [2.75, 3.05) is 17.8 Å². The number of amides is 1. The Morgan fingerprint density at radius 3 is 2.56 bits per heavy atom. The number of hydrogen-bond donors (Lipinski definition) is 2. The maximum atomic E-state index is 12.7. The normalized spacial score (nSPS) is 14.9. The third kappa shape index (κ3) is 3.71. The molecular weight excluding hydrogens is 338 g/mol. The first-order valence-electron chi connectivity index (χ1n) is 8.48. The lowest BCUT2D eigenvalue weighted by Gasteiger charge is -2.14. The lowest BCUT2D eigenvalue weighted by atomic mass is 10.0. The molecule has 7 heteroatoms. The fraction of sp³-hybridized carbons (Fsp3) is 0.389. The van der Waals surface area contributed by atoms with Gasteiger partial charge in [0, 0.05) is 19.3 Å². The van der Waals surface area contributed by atoms with Crippen LogP contribution in [0, 0.1) is 0 Å². The molecule has 0 spiro atoms. The van der Waals surface area contributed by atoms with Crippen LogP contribution in [0.3, 0.4) is 0 Å². The second-order valence-electron chi connectivity index (χ2n) is 6.60. The van der Waals surface area contributed by atoms with E-state index in [4.69, 9.17) is 0 Å². The van der Waals surface area contributed by atoms with Gasteiger partial charge in [0.25, 0.3) is 15.9 Å². The summed E-state index contributed by atoms with van der Waals surface area (Å²) in [6.45, 7) is 5.46. The van der Waals surface area contributed by atoms with Gasteiger partial charge in [0.2, 0.25) is 0 Å². The Morgan fingerprint density at radius 2 is 1.88 bits per heavy atom. The number of nitrogens with one attached hydrogen (secondary N) is 2. The van der Waals surface area contributed by atoms with Gasteiger partial charge in [-0.05, 0) is 36.5 Å². The quantitative estimate of drug-likeness (QED) is 0.858. The summed E-state index contributed by atoms with van der Waals surface area (Å²) in [5.41, 5.74) is 1.79. The maximum Gasteiger partial charge on any atom is 0.270 e. The van der Waals surface area contributed by atoms with Gasteiger partial charge in [-0.25, -0.2) is 8.42 Å². The molecule has 2 heterocycles. The van der Waals surface area contributed by atoms with Gasteiger partial charge in [0.05, 0.1) is 5.69 Å². The molecule has 0 unspecified atom stereocenters. The molecule has 0 saturated carbocycles. The third-order valence-electron chi connectivity index (χ3n) is 4.42. The lowest BCUT2D eigenvalue weighted by molar-refractivity contribution is 0.0787. The molecule has 0 bridgehead atoms. The van der Waals surface area contributed by atoms with E-state index >= 15 is 0 Å². The van der Waals surface area contributed by atoms with Gasteiger partial charge in [-0.3, -0.25) is 9.52 Å². The van der Waals surface area contributed by atoms with Crippen LogP contribution in [0.4, 0.5) is 5.69 Å². The highest BCUT2D eigenvalue weighted by Gasteiger charge is 2.24. The van der Waals surface area contributed by atoms with Crippen molar-refractivity contribution < 1.29 is 13.2 Å². The predicted octanol–water partition coefficient (Wildman–Crippen LogP) is 3.17. The summed E-state index contributed by atoms with van der Waals surface area (Å²) in [6, 6.07) is 8.73. The average Bonchev–Trinajstić information content (AvgIpc) is 3.26. The number of aromatic nitrogens is 1. The van der Waals surface area contributed by atoms with E-state index in [9.17, 15) is 13.2 Å². The first-order valence-corrected chi connectivity index (χ1v) is 9.96. The summed E-state index contributed by atoms with van der Waals surface area (Å²) in [7, 11) is -3.76. The van der Waals surface area contributed by atoms with Gasteiger partial charge >= 0.3 is 0 Å². The molecule has 0 radical (unpaired) electrons. The fourth-order valence-electron chi connectivity index (χ4n) is 3.04. The van der Waals surface area contributed by atoms with Crippen molar-refractivity contribution in [3.63, 3.8) is 0 Å². The average molecular weight is 361 g/mol. The van der Waals surface area contributed by atoms with Gasteiger partial charge in [-0.1, -0.05) is 32.0 Å². The zero-order valence-electron chi connectivity index (χ0n) is 14.5. The Labute approximate surface area is 148 Å². The van der Waals surface area contributed by atoms with Crippen molar-refractivity contribution in [1.82, 2.24) is 9.88 Å². The van der Waals surface area contributed by atoms with E-state index in [1.807, 2.05) is 26.0 Å². The van der Waals surface area contributed by atoms with E-state index < -0.39 is 10.0 Å². The van der Waals surface area contributed by atoms with Crippen LogP contribution in [0.1, 0.15) is 48.7 Å². The molecule has 2 aromatic rings. The van der Waals surface area contributed by atoms with Gasteiger partial charge in [-0.2, -0.15) is 0 Å². The van der Waals surface area contributed by atoms with Crippen LogP contribution in [0.5, 0.6) is 0 Å². The van der Waals surface area contributed by atoms with Gasteiger partial charge in [-0.15, -0.1) is 0 Å². The van der Waals surface area contributed by atoms with Crippen LogP contribution in [-0.2, 0) is 10.0 Å². The number of anilines is 1. The minimum absolute atomic E-state index is 0.0635. The summed E-state index contributed by atoms with van der Waals surface area (Å²) >= 11 is 0. The SMILES string of the molecule is CC(C)c1ccccc1NS(=O)(=O)c1c[nH]c(C(=O)N2CCCC2)c1. The molecule has 3 rings (SSSR count). The number of para-hydroxylation sites is 1. The fourth-order valence-corrected chi connectivity index (χ4v) is 4.12. The lowest BCUT2D eigenvalue weighted by Crippen LogP contribution is -2.27. The maximum absolute atomic E-state index is 12.7. The van der Waals surface area contributed by atoms with Gasteiger partial charge in [0.15, 0.2) is 0 Å². The monoisotopic (exact) mass is 361 g/mol. The van der Waals surface area contributed by atoms with Crippen molar-refractivity contribution in [2.45, 2.75) is 37.5 Å². The zero-order chi connectivity index (χ0) is 18.0. The summed E-state index contributed by atoms with van der Waals surface area (Å²) in [5, 5.41) is 0. The number of nitrogens with zero attached hydrogens (tertiary/aromatic N) is 1. The van der Waals surface area contributed by atoms with Gasteiger partial charge in [0.1, 0.15) is 10.6 Å². The van der Waals surface area contributed by atoms with Crippen molar-refractivity contribution in [3.8, 4) is 0 Å². The first kappa shape index (κ1) is 17.5. The molecule has 1 saturated heterocycles. The number of sulfonamides is 1. The molecule has 1 fully saturated rings. The standard InChI is InChI=1S/C18H23N3O3S/c1-13(2)15-7-3-4-8-16(15)20-25(23,24)14-11-17(19-12-14)18(22)21-9-5-6-10-21/h3-4,7-8,11-13,19-20H,5-6,9-10H2,1-2H3. The molecule has 1 aliphatic rings. The van der Waals surface area contributed by atoms with Gasteiger partial charge < -0.3 is 9.88 Å². The molecule has 25 heavy (non-hydrogen) atoms. The van der Waals surface area contributed by atoms with Crippen molar-refractivity contribution >= 4 is 21.6 Å². The molecule has 2 N–H and O–H groups in total. The minimum Gasteiger partial charge on any atom is -0.356 e. The Hall–Kier alpha value is -2.28. The Morgan fingerprint density at radius 1 is 1.20 bits per heavy atom. The Balaban J connectivity index is 1.83. The third-order valence-corrected chi connectivity index (χ3v) is 5.76.